The third-order valence-corrected chi connectivity index (χ3v) is 1.55. The van der Waals surface area contributed by atoms with E-state index >= 15 is 0 Å². The molecule has 0 bridgehead atoms. The minimum Gasteiger partial charge on any atom is -0.504 e. The normalized spacial score (nSPS) is 8.87. The highest BCUT2D eigenvalue weighted by atomic mass is 35.5. The topological polar surface area (TPSA) is 79.1 Å². The summed E-state index contributed by atoms with van der Waals surface area (Å²) >= 11 is 5.33. The second-order valence-corrected chi connectivity index (χ2v) is 2.82. The molecular formula is C9H8ClN3O2. The van der Waals surface area contributed by atoms with E-state index in [1.807, 2.05) is 0 Å². The third kappa shape index (κ3) is 4.24. The van der Waals surface area contributed by atoms with E-state index in [0.29, 0.717) is 5.15 Å². The Labute approximate surface area is 91.0 Å². The van der Waals surface area contributed by atoms with Gasteiger partial charge >= 0.3 is 0 Å². The molecule has 0 fully saturated rings. The maximum absolute atomic E-state index is 8.67. The van der Waals surface area contributed by atoms with Crippen LogP contribution in [0.25, 0.3) is 0 Å². The second-order valence-electron chi connectivity index (χ2n) is 2.43. The van der Waals surface area contributed by atoms with E-state index in [4.69, 9.17) is 21.8 Å². The number of hydrogen-bond acceptors (Lipinski definition) is 5. The Kier molecular flexibility index (Phi) is 4.30. The second kappa shape index (κ2) is 5.77. The van der Waals surface area contributed by atoms with Crippen molar-refractivity contribution in [2.45, 2.75) is 0 Å². The first-order chi connectivity index (χ1) is 7.20. The van der Waals surface area contributed by atoms with E-state index in [-0.39, 0.29) is 11.5 Å². The number of aromatic hydroxyl groups is 2. The minimum atomic E-state index is -0.0764. The van der Waals surface area contributed by atoms with Crippen molar-refractivity contribution in [1.82, 2.24) is 15.4 Å². The number of nitrogens with zero attached hydrogens (tertiary/aromatic N) is 3. The zero-order valence-corrected chi connectivity index (χ0v) is 8.33. The zero-order valence-electron chi connectivity index (χ0n) is 7.58. The van der Waals surface area contributed by atoms with Gasteiger partial charge in [0.2, 0.25) is 0 Å². The summed E-state index contributed by atoms with van der Waals surface area (Å²) in [4.78, 5) is 0. The van der Waals surface area contributed by atoms with E-state index in [1.54, 1.807) is 18.2 Å². The summed E-state index contributed by atoms with van der Waals surface area (Å²) in [7, 11) is 0. The smallest absolute Gasteiger partial charge is 0.157 e. The minimum absolute atomic E-state index is 0.0764. The standard InChI is InChI=1S/C6H6O2.C3H2ClN3/c7-5-3-1-2-4-6(5)8;4-3-1-2-5-7-6-3/h1-4,7-8H;1-2H. The van der Waals surface area contributed by atoms with E-state index < -0.39 is 0 Å². The summed E-state index contributed by atoms with van der Waals surface area (Å²) in [5.41, 5.74) is 0. The molecule has 6 heteroatoms. The van der Waals surface area contributed by atoms with Crippen molar-refractivity contribution >= 4 is 11.6 Å². The molecular weight excluding hydrogens is 218 g/mol. The van der Waals surface area contributed by atoms with Crippen molar-refractivity contribution in [1.29, 1.82) is 0 Å². The molecule has 0 atom stereocenters. The van der Waals surface area contributed by atoms with Crippen LogP contribution in [0.1, 0.15) is 0 Å². The van der Waals surface area contributed by atoms with Crippen LogP contribution in [0.2, 0.25) is 5.15 Å². The first-order valence-corrected chi connectivity index (χ1v) is 4.35. The average Bonchev–Trinajstić information content (AvgIpc) is 2.25. The number of aromatic nitrogens is 3. The van der Waals surface area contributed by atoms with Gasteiger partial charge in [-0.2, -0.15) is 0 Å². The quantitative estimate of drug-likeness (QED) is 0.666. The summed E-state index contributed by atoms with van der Waals surface area (Å²) in [5.74, 6) is -0.153. The highest BCUT2D eigenvalue weighted by Gasteiger charge is 1.90. The molecule has 2 N–H and O–H groups in total. The van der Waals surface area contributed by atoms with Gasteiger partial charge < -0.3 is 10.2 Å². The van der Waals surface area contributed by atoms with Crippen LogP contribution in [0, 0.1) is 0 Å². The van der Waals surface area contributed by atoms with Crippen molar-refractivity contribution in [3.05, 3.63) is 41.7 Å². The Morgan fingerprint density at radius 3 is 1.87 bits per heavy atom. The monoisotopic (exact) mass is 225 g/mol. The van der Waals surface area contributed by atoms with Crippen LogP contribution in [0.15, 0.2) is 36.5 Å². The Hall–Kier alpha value is -1.88. The summed E-state index contributed by atoms with van der Waals surface area (Å²) in [5, 5.41) is 27.7. The Morgan fingerprint density at radius 2 is 1.60 bits per heavy atom. The molecule has 15 heavy (non-hydrogen) atoms. The van der Waals surface area contributed by atoms with Crippen molar-refractivity contribution in [2.24, 2.45) is 0 Å². The van der Waals surface area contributed by atoms with Gasteiger partial charge in [0, 0.05) is 0 Å². The summed E-state index contributed by atoms with van der Waals surface area (Å²) in [6.45, 7) is 0. The molecule has 1 aromatic carbocycles. The fourth-order valence-corrected chi connectivity index (χ4v) is 0.781. The van der Waals surface area contributed by atoms with Gasteiger partial charge in [0.25, 0.3) is 0 Å². The molecule has 2 aromatic rings. The molecule has 78 valence electrons. The van der Waals surface area contributed by atoms with Crippen LogP contribution >= 0.6 is 11.6 Å². The molecule has 1 aromatic heterocycles. The number of halogens is 1. The van der Waals surface area contributed by atoms with Crippen molar-refractivity contribution in [2.75, 3.05) is 0 Å². The predicted octanol–water partition coefficient (Wildman–Crippen LogP) is 1.62. The van der Waals surface area contributed by atoms with Gasteiger partial charge in [-0.1, -0.05) is 23.7 Å². The molecule has 0 spiro atoms. The first kappa shape index (κ1) is 11.2. The summed E-state index contributed by atoms with van der Waals surface area (Å²) in [6.07, 6.45) is 1.48. The fraction of sp³-hybridized carbons (Fsp3) is 0. The van der Waals surface area contributed by atoms with Crippen molar-refractivity contribution < 1.29 is 10.2 Å². The van der Waals surface area contributed by atoms with Gasteiger partial charge in [0.05, 0.1) is 6.20 Å². The molecule has 0 aliphatic heterocycles. The summed E-state index contributed by atoms with van der Waals surface area (Å²) in [6, 6.07) is 7.71. The fourth-order valence-electron chi connectivity index (χ4n) is 0.691. The van der Waals surface area contributed by atoms with Crippen LogP contribution in [-0.2, 0) is 0 Å². The SMILES string of the molecule is Clc1ccnnn1.Oc1ccccc1O. The number of phenolic OH excluding ortho intramolecular Hbond substituents is 2. The first-order valence-electron chi connectivity index (χ1n) is 3.97. The van der Waals surface area contributed by atoms with Gasteiger partial charge in [-0.05, 0) is 23.4 Å². The molecule has 0 amide bonds. The van der Waals surface area contributed by atoms with Crippen molar-refractivity contribution in [3.8, 4) is 11.5 Å². The molecule has 5 nitrogen and oxygen atoms in total. The van der Waals surface area contributed by atoms with Crippen LogP contribution < -0.4 is 0 Å². The molecule has 2 rings (SSSR count). The lowest BCUT2D eigenvalue weighted by atomic mass is 10.3. The van der Waals surface area contributed by atoms with Crippen LogP contribution in [-0.4, -0.2) is 25.6 Å². The molecule has 0 aliphatic rings. The largest absolute Gasteiger partial charge is 0.504 e. The maximum Gasteiger partial charge on any atom is 0.157 e. The number of benzene rings is 1. The highest BCUT2D eigenvalue weighted by molar-refractivity contribution is 6.29. The molecule has 0 unspecified atom stereocenters. The van der Waals surface area contributed by atoms with E-state index in [1.165, 1.54) is 18.3 Å². The lowest BCUT2D eigenvalue weighted by Crippen LogP contribution is -1.81. The van der Waals surface area contributed by atoms with Crippen molar-refractivity contribution in [3.63, 3.8) is 0 Å². The molecule has 0 saturated carbocycles. The average molecular weight is 226 g/mol. The number of rotatable bonds is 0. The highest BCUT2D eigenvalue weighted by Crippen LogP contribution is 2.21. The number of phenols is 2. The third-order valence-electron chi connectivity index (χ3n) is 1.35. The molecule has 0 saturated heterocycles. The molecule has 0 radical (unpaired) electrons. The molecule has 1 heterocycles. The Balaban J connectivity index is 0.000000151. The van der Waals surface area contributed by atoms with E-state index in [2.05, 4.69) is 15.4 Å². The van der Waals surface area contributed by atoms with Gasteiger partial charge in [-0.3, -0.25) is 0 Å². The van der Waals surface area contributed by atoms with Crippen LogP contribution in [0.5, 0.6) is 11.5 Å². The van der Waals surface area contributed by atoms with Gasteiger partial charge in [0.15, 0.2) is 16.7 Å². The Bertz CT molecular complexity index is 390. The number of para-hydroxylation sites is 2. The maximum atomic E-state index is 8.67. The van der Waals surface area contributed by atoms with Gasteiger partial charge in [0.1, 0.15) is 0 Å². The van der Waals surface area contributed by atoms with E-state index in [0.717, 1.165) is 0 Å². The Morgan fingerprint density at radius 1 is 1.00 bits per heavy atom. The lowest BCUT2D eigenvalue weighted by molar-refractivity contribution is 0.404. The predicted molar refractivity (Wildman–Crippen MR) is 54.6 cm³/mol. The van der Waals surface area contributed by atoms with Gasteiger partial charge in [-0.15, -0.1) is 10.2 Å². The van der Waals surface area contributed by atoms with Crippen LogP contribution in [0.4, 0.5) is 0 Å². The lowest BCUT2D eigenvalue weighted by Gasteiger charge is -1.91. The van der Waals surface area contributed by atoms with Crippen LogP contribution in [0.3, 0.4) is 0 Å². The molecule has 0 aliphatic carbocycles. The van der Waals surface area contributed by atoms with E-state index in [9.17, 15) is 0 Å². The number of hydrogen-bond donors (Lipinski definition) is 2. The van der Waals surface area contributed by atoms with Gasteiger partial charge in [-0.25, -0.2) is 0 Å². The zero-order chi connectivity index (χ0) is 11.1. The summed E-state index contributed by atoms with van der Waals surface area (Å²) < 4.78 is 0.